The van der Waals surface area contributed by atoms with Crippen molar-refractivity contribution in [2.45, 2.75) is 6.92 Å². The van der Waals surface area contributed by atoms with Crippen molar-refractivity contribution in [3.8, 4) is 0 Å². The number of hydrogen-bond acceptors (Lipinski definition) is 3. The van der Waals surface area contributed by atoms with E-state index in [9.17, 15) is 4.79 Å². The molecule has 1 amide bonds. The molecule has 0 spiro atoms. The fourth-order valence-electron chi connectivity index (χ4n) is 1.73. The number of benzene rings is 1. The van der Waals surface area contributed by atoms with Crippen molar-refractivity contribution in [1.82, 2.24) is 4.98 Å². The lowest BCUT2D eigenvalue weighted by molar-refractivity contribution is 0.102. The minimum Gasteiger partial charge on any atom is -0.387 e. The largest absolute Gasteiger partial charge is 0.387 e. The summed E-state index contributed by atoms with van der Waals surface area (Å²) in [6.07, 6.45) is 1.54. The second-order valence-electron chi connectivity index (χ2n) is 4.20. The predicted octanol–water partition coefficient (Wildman–Crippen LogP) is 4.10. The van der Waals surface area contributed by atoms with Gasteiger partial charge in [0.15, 0.2) is 0 Å². The number of carbonyl (C=O) groups excluding carboxylic acids is 1. The Morgan fingerprint density at radius 3 is 2.75 bits per heavy atom. The highest BCUT2D eigenvalue weighted by molar-refractivity contribution is 9.10. The smallest absolute Gasteiger partial charge is 0.259 e. The molecule has 0 fully saturated rings. The number of hydrogen-bond donors (Lipinski definition) is 2. The normalized spacial score (nSPS) is 10.2. The van der Waals surface area contributed by atoms with Gasteiger partial charge in [-0.2, -0.15) is 0 Å². The third-order valence-corrected chi connectivity index (χ3v) is 3.55. The first-order valence-corrected chi connectivity index (χ1v) is 7.09. The molecule has 0 bridgehead atoms. The quantitative estimate of drug-likeness (QED) is 0.872. The van der Waals surface area contributed by atoms with Crippen LogP contribution >= 0.6 is 27.5 Å². The van der Waals surface area contributed by atoms with Crippen molar-refractivity contribution in [1.29, 1.82) is 0 Å². The number of carbonyl (C=O) groups is 1. The summed E-state index contributed by atoms with van der Waals surface area (Å²) in [5.74, 6) is -0.262. The van der Waals surface area contributed by atoms with Gasteiger partial charge < -0.3 is 10.6 Å². The highest BCUT2D eigenvalue weighted by Crippen LogP contribution is 2.27. The Labute approximate surface area is 130 Å². The molecule has 2 N–H and O–H groups in total. The van der Waals surface area contributed by atoms with Crippen molar-refractivity contribution in [3.63, 3.8) is 0 Å². The number of nitrogens with zero attached hydrogens (tertiary/aromatic N) is 1. The number of amides is 1. The van der Waals surface area contributed by atoms with Crippen molar-refractivity contribution < 1.29 is 4.79 Å². The maximum absolute atomic E-state index is 12.3. The summed E-state index contributed by atoms with van der Waals surface area (Å²) in [6, 6.07) is 7.09. The zero-order valence-electron chi connectivity index (χ0n) is 11.0. The summed E-state index contributed by atoms with van der Waals surface area (Å²) in [5, 5.41) is 6.25. The molecule has 4 nitrogen and oxygen atoms in total. The van der Waals surface area contributed by atoms with E-state index < -0.39 is 0 Å². The van der Waals surface area contributed by atoms with E-state index in [1.807, 2.05) is 19.1 Å². The van der Waals surface area contributed by atoms with Gasteiger partial charge in [-0.05, 0) is 31.2 Å². The van der Waals surface area contributed by atoms with Gasteiger partial charge in [-0.3, -0.25) is 9.78 Å². The monoisotopic (exact) mass is 353 g/mol. The van der Waals surface area contributed by atoms with Crippen LogP contribution in [0, 0.1) is 6.92 Å². The number of pyridine rings is 1. The molecule has 104 valence electrons. The second kappa shape index (κ2) is 6.24. The number of anilines is 2. The van der Waals surface area contributed by atoms with E-state index in [0.29, 0.717) is 16.3 Å². The van der Waals surface area contributed by atoms with E-state index in [2.05, 4.69) is 31.5 Å². The van der Waals surface area contributed by atoms with Crippen LogP contribution in [0.15, 0.2) is 34.9 Å². The van der Waals surface area contributed by atoms with Gasteiger partial charge in [0.2, 0.25) is 0 Å². The van der Waals surface area contributed by atoms with Crippen LogP contribution in [-0.4, -0.2) is 17.9 Å². The molecule has 2 aromatic rings. The molecule has 6 heteroatoms. The third-order valence-electron chi connectivity index (χ3n) is 2.73. The molecule has 0 radical (unpaired) electrons. The summed E-state index contributed by atoms with van der Waals surface area (Å²) in [7, 11) is 1.76. The highest BCUT2D eigenvalue weighted by Gasteiger charge is 2.13. The Kier molecular flexibility index (Phi) is 4.62. The Hall–Kier alpha value is -1.59. The van der Waals surface area contributed by atoms with Crippen LogP contribution in [0.1, 0.15) is 16.1 Å². The molecule has 0 unspecified atom stereocenters. The zero-order valence-corrected chi connectivity index (χ0v) is 13.3. The lowest BCUT2D eigenvalue weighted by Crippen LogP contribution is -2.15. The van der Waals surface area contributed by atoms with E-state index >= 15 is 0 Å². The molecule has 0 aliphatic carbocycles. The average molecular weight is 355 g/mol. The second-order valence-corrected chi connectivity index (χ2v) is 5.52. The zero-order chi connectivity index (χ0) is 14.7. The first-order chi connectivity index (χ1) is 9.51. The summed E-state index contributed by atoms with van der Waals surface area (Å²) in [5.41, 5.74) is 2.58. The van der Waals surface area contributed by atoms with Gasteiger partial charge in [0.25, 0.3) is 5.91 Å². The van der Waals surface area contributed by atoms with Crippen molar-refractivity contribution in [2.75, 3.05) is 17.7 Å². The van der Waals surface area contributed by atoms with E-state index in [1.165, 1.54) is 0 Å². The van der Waals surface area contributed by atoms with Crippen molar-refractivity contribution in [3.05, 3.63) is 51.2 Å². The molecule has 2 rings (SSSR count). The number of aromatic nitrogens is 1. The maximum Gasteiger partial charge on any atom is 0.259 e. The van der Waals surface area contributed by atoms with Crippen LogP contribution in [-0.2, 0) is 0 Å². The molecule has 0 saturated heterocycles. The van der Waals surface area contributed by atoms with E-state index in [-0.39, 0.29) is 5.91 Å². The standard InChI is InChI=1S/C14H13BrClN3O/c1-8-5-12(17-2)10(7-18-8)14(20)19-13-6-9(15)3-4-11(13)16/h3-7H,1-2H3,(H,17,18)(H,19,20). The van der Waals surface area contributed by atoms with Crippen LogP contribution in [0.5, 0.6) is 0 Å². The fraction of sp³-hybridized carbons (Fsp3) is 0.143. The highest BCUT2D eigenvalue weighted by atomic mass is 79.9. The first-order valence-electron chi connectivity index (χ1n) is 5.92. The van der Waals surface area contributed by atoms with E-state index in [4.69, 9.17) is 11.6 Å². The summed E-state index contributed by atoms with van der Waals surface area (Å²) >= 11 is 9.41. The summed E-state index contributed by atoms with van der Waals surface area (Å²) in [4.78, 5) is 16.5. The fourth-order valence-corrected chi connectivity index (χ4v) is 2.26. The van der Waals surface area contributed by atoms with E-state index in [0.717, 1.165) is 15.9 Å². The van der Waals surface area contributed by atoms with Gasteiger partial charge in [0, 0.05) is 23.4 Å². The molecule has 0 aliphatic heterocycles. The molecule has 1 aromatic carbocycles. The number of nitrogens with one attached hydrogen (secondary N) is 2. The van der Waals surface area contributed by atoms with Gasteiger partial charge in [-0.1, -0.05) is 27.5 Å². The lowest BCUT2D eigenvalue weighted by atomic mass is 10.2. The van der Waals surface area contributed by atoms with Crippen LogP contribution < -0.4 is 10.6 Å². The van der Waals surface area contributed by atoms with Crippen LogP contribution in [0.3, 0.4) is 0 Å². The molecular weight excluding hydrogens is 342 g/mol. The minimum absolute atomic E-state index is 0.262. The topological polar surface area (TPSA) is 54.0 Å². The van der Waals surface area contributed by atoms with Gasteiger partial charge in [0.05, 0.1) is 22.0 Å². The Bertz CT molecular complexity index is 661. The van der Waals surface area contributed by atoms with Crippen LogP contribution in [0.2, 0.25) is 5.02 Å². The third kappa shape index (κ3) is 3.29. The predicted molar refractivity (Wildman–Crippen MR) is 85.6 cm³/mol. The molecule has 20 heavy (non-hydrogen) atoms. The van der Waals surface area contributed by atoms with Gasteiger partial charge in [-0.15, -0.1) is 0 Å². The average Bonchev–Trinajstić information content (AvgIpc) is 2.42. The van der Waals surface area contributed by atoms with Gasteiger partial charge >= 0.3 is 0 Å². The molecule has 0 saturated carbocycles. The van der Waals surface area contributed by atoms with Crippen molar-refractivity contribution in [2.24, 2.45) is 0 Å². The van der Waals surface area contributed by atoms with Gasteiger partial charge in [0.1, 0.15) is 0 Å². The van der Waals surface area contributed by atoms with Crippen LogP contribution in [0.25, 0.3) is 0 Å². The van der Waals surface area contributed by atoms with Crippen LogP contribution in [0.4, 0.5) is 11.4 Å². The Morgan fingerprint density at radius 2 is 2.05 bits per heavy atom. The number of rotatable bonds is 3. The number of halogens is 2. The maximum atomic E-state index is 12.3. The van der Waals surface area contributed by atoms with E-state index in [1.54, 1.807) is 25.4 Å². The molecule has 0 aliphatic rings. The first kappa shape index (κ1) is 14.8. The molecule has 1 heterocycles. The molecule has 0 atom stereocenters. The summed E-state index contributed by atoms with van der Waals surface area (Å²) < 4.78 is 0.841. The van der Waals surface area contributed by atoms with Gasteiger partial charge in [-0.25, -0.2) is 0 Å². The molecule has 1 aromatic heterocycles. The lowest BCUT2D eigenvalue weighted by Gasteiger charge is -2.11. The van der Waals surface area contributed by atoms with Crippen molar-refractivity contribution >= 4 is 44.8 Å². The number of aryl methyl sites for hydroxylation is 1. The SMILES string of the molecule is CNc1cc(C)ncc1C(=O)Nc1cc(Br)ccc1Cl. The summed E-state index contributed by atoms with van der Waals surface area (Å²) in [6.45, 7) is 1.87. The Morgan fingerprint density at radius 1 is 1.30 bits per heavy atom. The Balaban J connectivity index is 2.30. The minimum atomic E-state index is -0.262. The molecular formula is C14H13BrClN3O.